The molecule has 1 aliphatic rings. The summed E-state index contributed by atoms with van der Waals surface area (Å²) in [6, 6.07) is 3.44. The van der Waals surface area contributed by atoms with Crippen LogP contribution in [0, 0.1) is 10.1 Å². The topological polar surface area (TPSA) is 64.4 Å². The SMILES string of the molecule is O=[N+]([O-])c1ccc([C@H]2COCCN2)s1. The molecule has 0 spiro atoms. The molecule has 1 N–H and O–H groups in total. The van der Waals surface area contributed by atoms with Crippen molar-refractivity contribution >= 4 is 16.3 Å². The average molecular weight is 214 g/mol. The van der Waals surface area contributed by atoms with Crippen LogP contribution in [0.15, 0.2) is 12.1 Å². The van der Waals surface area contributed by atoms with Crippen molar-refractivity contribution in [1.29, 1.82) is 0 Å². The van der Waals surface area contributed by atoms with Gasteiger partial charge in [0.2, 0.25) is 0 Å². The lowest BCUT2D eigenvalue weighted by Crippen LogP contribution is -2.33. The van der Waals surface area contributed by atoms with Gasteiger partial charge in [0.25, 0.3) is 0 Å². The predicted molar refractivity (Wildman–Crippen MR) is 52.5 cm³/mol. The van der Waals surface area contributed by atoms with Crippen LogP contribution in [0.25, 0.3) is 0 Å². The van der Waals surface area contributed by atoms with E-state index in [-0.39, 0.29) is 16.0 Å². The molecule has 2 heterocycles. The Labute approximate surface area is 84.8 Å². The third kappa shape index (κ3) is 1.92. The van der Waals surface area contributed by atoms with Gasteiger partial charge >= 0.3 is 5.00 Å². The van der Waals surface area contributed by atoms with Crippen molar-refractivity contribution in [3.63, 3.8) is 0 Å². The van der Waals surface area contributed by atoms with Crippen LogP contribution >= 0.6 is 11.3 Å². The average Bonchev–Trinajstić information content (AvgIpc) is 2.68. The summed E-state index contributed by atoms with van der Waals surface area (Å²) in [4.78, 5) is 11.1. The minimum atomic E-state index is -0.363. The van der Waals surface area contributed by atoms with E-state index in [4.69, 9.17) is 4.74 Å². The van der Waals surface area contributed by atoms with Crippen molar-refractivity contribution in [2.24, 2.45) is 0 Å². The molecule has 0 aliphatic carbocycles. The minimum Gasteiger partial charge on any atom is -0.378 e. The molecule has 1 aromatic heterocycles. The summed E-state index contributed by atoms with van der Waals surface area (Å²) in [5, 5.41) is 13.9. The van der Waals surface area contributed by atoms with E-state index in [1.807, 2.05) is 0 Å². The van der Waals surface area contributed by atoms with Gasteiger partial charge in [0.15, 0.2) is 0 Å². The third-order valence-electron chi connectivity index (χ3n) is 2.06. The number of nitrogens with zero attached hydrogens (tertiary/aromatic N) is 1. The number of thiophene rings is 1. The molecule has 0 amide bonds. The smallest absolute Gasteiger partial charge is 0.324 e. The van der Waals surface area contributed by atoms with Gasteiger partial charge in [-0.3, -0.25) is 10.1 Å². The first kappa shape index (κ1) is 9.57. The van der Waals surface area contributed by atoms with Crippen LogP contribution in [-0.2, 0) is 4.74 Å². The highest BCUT2D eigenvalue weighted by Gasteiger charge is 2.19. The maximum atomic E-state index is 10.5. The molecule has 0 unspecified atom stereocenters. The molecular weight excluding hydrogens is 204 g/mol. The first-order chi connectivity index (χ1) is 6.77. The molecule has 0 bridgehead atoms. The highest BCUT2D eigenvalue weighted by molar-refractivity contribution is 7.15. The molecule has 0 saturated carbocycles. The second-order valence-electron chi connectivity index (χ2n) is 3.01. The van der Waals surface area contributed by atoms with Crippen LogP contribution in [0.1, 0.15) is 10.9 Å². The number of nitro groups is 1. The molecule has 1 aliphatic heterocycles. The normalized spacial score (nSPS) is 22.1. The summed E-state index contributed by atoms with van der Waals surface area (Å²) in [6.07, 6.45) is 0. The Balaban J connectivity index is 2.11. The highest BCUT2D eigenvalue weighted by atomic mass is 32.1. The number of morpholine rings is 1. The van der Waals surface area contributed by atoms with Gasteiger partial charge in [0.05, 0.1) is 24.2 Å². The molecule has 0 radical (unpaired) electrons. The molecule has 1 saturated heterocycles. The largest absolute Gasteiger partial charge is 0.378 e. The maximum Gasteiger partial charge on any atom is 0.324 e. The lowest BCUT2D eigenvalue weighted by molar-refractivity contribution is -0.380. The van der Waals surface area contributed by atoms with Gasteiger partial charge in [-0.2, -0.15) is 0 Å². The molecular formula is C8H10N2O3S. The number of nitrogens with one attached hydrogen (secondary N) is 1. The Hall–Kier alpha value is -0.980. The summed E-state index contributed by atoms with van der Waals surface area (Å²) >= 11 is 1.21. The van der Waals surface area contributed by atoms with Gasteiger partial charge in [-0.1, -0.05) is 11.3 Å². The van der Waals surface area contributed by atoms with Crippen molar-refractivity contribution in [2.45, 2.75) is 6.04 Å². The second-order valence-corrected chi connectivity index (χ2v) is 4.11. The first-order valence-electron chi connectivity index (χ1n) is 4.32. The molecule has 2 rings (SSSR count). The number of ether oxygens (including phenoxy) is 1. The molecule has 14 heavy (non-hydrogen) atoms. The van der Waals surface area contributed by atoms with Gasteiger partial charge in [0, 0.05) is 17.5 Å². The molecule has 1 fully saturated rings. The maximum absolute atomic E-state index is 10.5. The third-order valence-corrected chi connectivity index (χ3v) is 3.21. The van der Waals surface area contributed by atoms with Crippen LogP contribution in [-0.4, -0.2) is 24.7 Å². The fourth-order valence-electron chi connectivity index (χ4n) is 1.38. The van der Waals surface area contributed by atoms with Gasteiger partial charge in [-0.25, -0.2) is 0 Å². The van der Waals surface area contributed by atoms with Crippen LogP contribution < -0.4 is 5.32 Å². The van der Waals surface area contributed by atoms with E-state index in [2.05, 4.69) is 5.32 Å². The number of hydrogen-bond donors (Lipinski definition) is 1. The predicted octanol–water partition coefficient (Wildman–Crippen LogP) is 1.32. The zero-order chi connectivity index (χ0) is 9.97. The van der Waals surface area contributed by atoms with Crippen LogP contribution in [0.3, 0.4) is 0 Å². The van der Waals surface area contributed by atoms with Gasteiger partial charge in [0.1, 0.15) is 0 Å². The Morgan fingerprint density at radius 3 is 3.07 bits per heavy atom. The Morgan fingerprint density at radius 2 is 2.50 bits per heavy atom. The van der Waals surface area contributed by atoms with Crippen molar-refractivity contribution in [3.05, 3.63) is 27.1 Å². The van der Waals surface area contributed by atoms with E-state index >= 15 is 0 Å². The summed E-state index contributed by atoms with van der Waals surface area (Å²) in [5.41, 5.74) is 0. The van der Waals surface area contributed by atoms with E-state index in [1.165, 1.54) is 17.4 Å². The van der Waals surface area contributed by atoms with Crippen LogP contribution in [0.4, 0.5) is 5.00 Å². The lowest BCUT2D eigenvalue weighted by atomic mass is 10.2. The Morgan fingerprint density at radius 1 is 1.64 bits per heavy atom. The second kappa shape index (κ2) is 4.04. The molecule has 0 aromatic carbocycles. The first-order valence-corrected chi connectivity index (χ1v) is 5.14. The fraction of sp³-hybridized carbons (Fsp3) is 0.500. The van der Waals surface area contributed by atoms with Gasteiger partial charge in [-0.05, 0) is 6.07 Å². The number of rotatable bonds is 2. The van der Waals surface area contributed by atoms with Crippen molar-refractivity contribution in [3.8, 4) is 0 Å². The summed E-state index contributed by atoms with van der Waals surface area (Å²) in [6.45, 7) is 2.11. The van der Waals surface area contributed by atoms with Crippen LogP contribution in [0.5, 0.6) is 0 Å². The highest BCUT2D eigenvalue weighted by Crippen LogP contribution is 2.29. The molecule has 1 aromatic rings. The Kier molecular flexibility index (Phi) is 2.76. The fourth-order valence-corrected chi connectivity index (χ4v) is 2.26. The minimum absolute atomic E-state index is 0.113. The molecule has 76 valence electrons. The quantitative estimate of drug-likeness (QED) is 0.595. The monoisotopic (exact) mass is 214 g/mol. The van der Waals surface area contributed by atoms with E-state index in [0.29, 0.717) is 13.2 Å². The zero-order valence-electron chi connectivity index (χ0n) is 7.43. The van der Waals surface area contributed by atoms with Gasteiger partial charge < -0.3 is 10.1 Å². The van der Waals surface area contributed by atoms with E-state index in [0.717, 1.165) is 11.4 Å². The van der Waals surface area contributed by atoms with E-state index in [9.17, 15) is 10.1 Å². The summed E-state index contributed by atoms with van der Waals surface area (Å²) in [5.74, 6) is 0. The van der Waals surface area contributed by atoms with Gasteiger partial charge in [-0.15, -0.1) is 0 Å². The van der Waals surface area contributed by atoms with Crippen molar-refractivity contribution < 1.29 is 9.66 Å². The summed E-state index contributed by atoms with van der Waals surface area (Å²) in [7, 11) is 0. The standard InChI is InChI=1S/C8H10N2O3S/c11-10(12)8-2-1-7(14-8)6-5-13-4-3-9-6/h1-2,6,9H,3-5H2/t6-/m1/s1. The lowest BCUT2D eigenvalue weighted by Gasteiger charge is -2.22. The van der Waals surface area contributed by atoms with E-state index in [1.54, 1.807) is 6.07 Å². The van der Waals surface area contributed by atoms with Crippen molar-refractivity contribution in [1.82, 2.24) is 5.32 Å². The molecule has 6 heteroatoms. The summed E-state index contributed by atoms with van der Waals surface area (Å²) < 4.78 is 5.28. The molecule has 1 atom stereocenters. The molecule has 5 nitrogen and oxygen atoms in total. The zero-order valence-corrected chi connectivity index (χ0v) is 8.25. The van der Waals surface area contributed by atoms with Crippen molar-refractivity contribution in [2.75, 3.05) is 19.8 Å². The Bertz CT molecular complexity index is 333. The number of hydrogen-bond acceptors (Lipinski definition) is 5. The van der Waals surface area contributed by atoms with Crippen LogP contribution in [0.2, 0.25) is 0 Å². The van der Waals surface area contributed by atoms with E-state index < -0.39 is 0 Å².